The van der Waals surface area contributed by atoms with Crippen molar-refractivity contribution in [3.8, 4) is 44.5 Å². The van der Waals surface area contributed by atoms with E-state index in [0.717, 1.165) is 249 Å². The third kappa shape index (κ3) is 16.0. The van der Waals surface area contributed by atoms with E-state index in [1.54, 1.807) is 37.3 Å². The Bertz CT molecular complexity index is 5450. The van der Waals surface area contributed by atoms with Gasteiger partial charge in [-0.25, -0.2) is 19.9 Å². The number of allylic oxidation sites excluding steroid dienone is 4. The van der Waals surface area contributed by atoms with Crippen LogP contribution in [-0.2, 0) is 63.5 Å². The lowest BCUT2D eigenvalue weighted by Crippen LogP contribution is -2.49. The van der Waals surface area contributed by atoms with Crippen molar-refractivity contribution in [2.45, 2.75) is 116 Å². The summed E-state index contributed by atoms with van der Waals surface area (Å²) in [6, 6.07) is 16.9. The molecule has 8 fully saturated rings. The molecule has 0 bridgehead atoms. The second-order valence-corrected chi connectivity index (χ2v) is 35.3. The van der Waals surface area contributed by atoms with Gasteiger partial charge in [0, 0.05) is 230 Å². The maximum absolute atomic E-state index is 12.4. The highest BCUT2D eigenvalue weighted by Crippen LogP contribution is 2.46. The van der Waals surface area contributed by atoms with E-state index in [1.807, 2.05) is 92.9 Å². The summed E-state index contributed by atoms with van der Waals surface area (Å²) >= 11 is 0. The van der Waals surface area contributed by atoms with Crippen molar-refractivity contribution in [3.63, 3.8) is 0 Å². The molecule has 118 heavy (non-hydrogen) atoms. The zero-order valence-corrected chi connectivity index (χ0v) is 68.9. The second kappa shape index (κ2) is 33.6. The fraction of sp³-hybridized carbons (Fsp3) is 0.468. The smallest absolute Gasteiger partial charge is 0.254 e. The van der Waals surface area contributed by atoms with Crippen LogP contribution in [-0.4, -0.2) is 188 Å². The highest BCUT2D eigenvalue weighted by molar-refractivity contribution is 5.83. The van der Waals surface area contributed by atoms with E-state index in [9.17, 15) is 28.8 Å². The number of hydrogen-bond acceptors (Lipinski definition) is 18. The molecule has 4 N–H and O–H groups in total. The van der Waals surface area contributed by atoms with Gasteiger partial charge >= 0.3 is 0 Å². The Morgan fingerprint density at radius 1 is 0.347 bits per heavy atom. The van der Waals surface area contributed by atoms with Crippen LogP contribution in [0.15, 0.2) is 142 Å². The first-order valence-corrected chi connectivity index (χ1v) is 42.9. The van der Waals surface area contributed by atoms with Crippen molar-refractivity contribution in [1.29, 1.82) is 0 Å². The fourth-order valence-corrected chi connectivity index (χ4v) is 20.8. The van der Waals surface area contributed by atoms with Gasteiger partial charge in [-0.1, -0.05) is 48.6 Å². The van der Waals surface area contributed by atoms with E-state index in [1.165, 1.54) is 71.1 Å². The highest BCUT2D eigenvalue weighted by atomic mass is 16.3. The van der Waals surface area contributed by atoms with Crippen LogP contribution in [0.25, 0.3) is 68.8 Å². The summed E-state index contributed by atoms with van der Waals surface area (Å²) in [6.45, 7) is 15.1. The number of piperidine rings is 6. The standard InChI is InChI=1S/C25H30N4O3.C24H28N4O3.C23H28N4O.C22H26N4O/c1-27-16-21(19-3-2-4-20(19)24(27)32)18-5-6-22(26-15-18)28-11-7-25(8-12-28)9-13-29(14-10-25)23(31)17-30;1-26-14-20(18-3-2-4-19(18)23(26)31)17-5-6-21(25-13-17)27-10-7-24(8-11-27)9-12-28(16-24)22(30)15-29;1-26-16-20(18-3-2-4-19(18)22(26)28)17-5-6-21(25-15-17)27-13-9-23(10-14-27)7-11-24-12-8-23;1-25-14-19(17-3-2-4-18(17)21(25)27)16-5-6-20(24-13-16)26-11-8-22(9-12-26)7-10-23-15-22/h2-3,5-6,15-16,30H,4,7-14,17H2,1H3;2-3,5-6,13-14,29H,4,7-12,15-16H2,1H3;2-3,5-6,15-16,24H,4,7-14H2,1H3;2-3,5-6,13-14,23H,4,7-12,15H2,1H3. The Labute approximate surface area is 690 Å². The van der Waals surface area contributed by atoms with Crippen molar-refractivity contribution in [2.75, 3.05) is 138 Å². The van der Waals surface area contributed by atoms with Gasteiger partial charge in [-0.15, -0.1) is 0 Å². The number of anilines is 4. The van der Waals surface area contributed by atoms with E-state index in [2.05, 4.69) is 103 Å². The molecule has 4 aliphatic carbocycles. The molecule has 616 valence electrons. The van der Waals surface area contributed by atoms with Crippen molar-refractivity contribution in [1.82, 2.24) is 58.6 Å². The number of amides is 2. The van der Waals surface area contributed by atoms with Gasteiger partial charge in [-0.3, -0.25) is 28.8 Å². The van der Waals surface area contributed by atoms with Crippen LogP contribution in [0, 0.1) is 21.7 Å². The predicted molar refractivity (Wildman–Crippen MR) is 467 cm³/mol. The van der Waals surface area contributed by atoms with E-state index >= 15 is 0 Å². The monoisotopic (exact) mass is 1590 g/mol. The number of carbonyl (C=O) groups is 2. The minimum atomic E-state index is -0.396. The average Bonchev–Trinajstić information content (AvgIpc) is 1.55. The van der Waals surface area contributed by atoms with Gasteiger partial charge in [0.05, 0.1) is 0 Å². The normalized spacial score (nSPS) is 19.9. The Hall–Kier alpha value is -10.7. The first-order valence-electron chi connectivity index (χ1n) is 42.9. The first kappa shape index (κ1) is 79.8. The molecule has 12 aliphatic rings. The van der Waals surface area contributed by atoms with Gasteiger partial charge < -0.3 is 68.5 Å². The quantitative estimate of drug-likeness (QED) is 0.0993. The molecule has 24 heteroatoms. The summed E-state index contributed by atoms with van der Waals surface area (Å²) in [5.41, 5.74) is 18.1. The number of hydrogen-bond donors (Lipinski definition) is 4. The fourth-order valence-electron chi connectivity index (χ4n) is 20.8. The predicted octanol–water partition coefficient (Wildman–Crippen LogP) is 9.63. The Morgan fingerprint density at radius 3 is 0.924 bits per heavy atom. The molecule has 0 aromatic carbocycles. The summed E-state index contributed by atoms with van der Waals surface area (Å²) in [5, 5.41) is 25.2. The lowest BCUT2D eigenvalue weighted by molar-refractivity contribution is -0.136. The number of nitrogens with one attached hydrogen (secondary N) is 2. The van der Waals surface area contributed by atoms with Crippen LogP contribution in [0.2, 0.25) is 0 Å². The summed E-state index contributed by atoms with van der Waals surface area (Å²) in [4.78, 5) is 105. The minimum absolute atomic E-state index is 0.0711. The van der Waals surface area contributed by atoms with E-state index in [4.69, 9.17) is 30.1 Å². The number of aliphatic hydroxyl groups is 2. The summed E-state index contributed by atoms with van der Waals surface area (Å²) in [5.74, 6) is 3.80. The molecule has 16 heterocycles. The van der Waals surface area contributed by atoms with Gasteiger partial charge in [0.2, 0.25) is 11.8 Å². The molecule has 0 radical (unpaired) electrons. The number of aliphatic hydroxyl groups excluding tert-OH is 2. The number of pyridine rings is 8. The first-order chi connectivity index (χ1) is 57.3. The highest BCUT2D eigenvalue weighted by Gasteiger charge is 2.44. The molecule has 8 aromatic heterocycles. The Morgan fingerprint density at radius 2 is 0.619 bits per heavy atom. The maximum atomic E-state index is 12.4. The van der Waals surface area contributed by atoms with Crippen molar-refractivity contribution in [3.05, 3.63) is 208 Å². The molecule has 24 nitrogen and oxygen atoms in total. The van der Waals surface area contributed by atoms with Gasteiger partial charge in [0.1, 0.15) is 36.5 Å². The second-order valence-electron chi connectivity index (χ2n) is 35.3. The molecule has 2 amide bonds. The molecule has 0 unspecified atom stereocenters. The molecule has 4 spiro atoms. The minimum Gasteiger partial charge on any atom is -0.387 e. The lowest BCUT2D eigenvalue weighted by Gasteiger charge is -2.47. The van der Waals surface area contributed by atoms with E-state index in [0.29, 0.717) is 29.1 Å². The third-order valence-corrected chi connectivity index (χ3v) is 28.6. The zero-order valence-electron chi connectivity index (χ0n) is 68.9. The topological polar surface area (TPSA) is 258 Å². The van der Waals surface area contributed by atoms with Crippen molar-refractivity contribution >= 4 is 59.4 Å². The molecule has 8 aromatic rings. The van der Waals surface area contributed by atoms with Crippen LogP contribution in [0.5, 0.6) is 0 Å². The number of nitrogens with zero attached hydrogens (tertiary/aromatic N) is 14. The molecule has 20 rings (SSSR count). The summed E-state index contributed by atoms with van der Waals surface area (Å²) in [6.07, 6.45) is 51.1. The van der Waals surface area contributed by atoms with E-state index < -0.39 is 6.61 Å². The summed E-state index contributed by atoms with van der Waals surface area (Å²) < 4.78 is 6.71. The average molecular weight is 1590 g/mol. The van der Waals surface area contributed by atoms with Crippen LogP contribution in [0.1, 0.15) is 134 Å². The van der Waals surface area contributed by atoms with Gasteiger partial charge in [-0.05, 0) is 228 Å². The molecule has 0 atom stereocenters. The van der Waals surface area contributed by atoms with Gasteiger partial charge in [0.15, 0.2) is 0 Å². The molecule has 0 saturated carbocycles. The van der Waals surface area contributed by atoms with Crippen molar-refractivity contribution < 1.29 is 19.8 Å². The number of likely N-dealkylation sites (tertiary alicyclic amines) is 2. The molecule has 8 aliphatic heterocycles. The third-order valence-electron chi connectivity index (χ3n) is 28.6. The van der Waals surface area contributed by atoms with Crippen LogP contribution in [0.3, 0.4) is 0 Å². The SMILES string of the molecule is Cn1cc(-c2ccc(N3CCC4(CCN(C(=O)CO)C4)CC3)nc2)c2c(c1=O)CC=C2.Cn1cc(-c2ccc(N3CCC4(CCN(C(=O)CO)CC4)CC3)nc2)c2c(c1=O)CC=C2.Cn1cc(-c2ccc(N3CCC4(CCNC4)CC3)nc2)c2c(c1=O)CC=C2.Cn1cc(-c2ccc(N3CCC4(CCNCC4)CC3)nc2)c2c(c1=O)CC=C2. The van der Waals surface area contributed by atoms with Crippen LogP contribution < -0.4 is 52.5 Å². The lowest BCUT2D eigenvalue weighted by atomic mass is 9.71. The zero-order chi connectivity index (χ0) is 81.5. The number of aromatic nitrogens is 8. The van der Waals surface area contributed by atoms with Crippen LogP contribution in [0.4, 0.5) is 23.3 Å². The van der Waals surface area contributed by atoms with Gasteiger partial charge in [-0.2, -0.15) is 0 Å². The molecule has 8 saturated heterocycles. The Balaban J connectivity index is 0.000000113. The number of aryl methyl sites for hydroxylation is 4. The molecular weight excluding hydrogens is 1480 g/mol. The van der Waals surface area contributed by atoms with E-state index in [-0.39, 0.29) is 46.1 Å². The molecular formula is C94H112N16O8. The number of fused-ring (bicyclic) bond motifs is 4. The van der Waals surface area contributed by atoms with Gasteiger partial charge in [0.25, 0.3) is 22.2 Å². The number of rotatable bonds is 10. The maximum Gasteiger partial charge on any atom is 0.254 e. The van der Waals surface area contributed by atoms with Crippen molar-refractivity contribution in [2.24, 2.45) is 49.9 Å². The summed E-state index contributed by atoms with van der Waals surface area (Å²) in [7, 11) is 7.26. The number of carbonyl (C=O) groups excluding carboxylic acids is 2. The Kier molecular flexibility index (Phi) is 22.7. The van der Waals surface area contributed by atoms with Crippen LogP contribution >= 0.6 is 0 Å². The largest absolute Gasteiger partial charge is 0.387 e.